The molecule has 0 radical (unpaired) electrons. The van der Waals surface area contributed by atoms with Crippen LogP contribution < -0.4 is 5.63 Å². The summed E-state index contributed by atoms with van der Waals surface area (Å²) in [6.45, 7) is 4.06. The molecule has 0 aliphatic carbocycles. The molecule has 0 bridgehead atoms. The first-order chi connectivity index (χ1) is 9.08. The van der Waals surface area contributed by atoms with Gasteiger partial charge in [0, 0.05) is 5.39 Å². The van der Waals surface area contributed by atoms with Crippen molar-refractivity contribution >= 4 is 21.7 Å². The Labute approximate surface area is 110 Å². The molecule has 0 aliphatic rings. The third-order valence-corrected chi connectivity index (χ3v) is 3.39. The fourth-order valence-corrected chi connectivity index (χ4v) is 2.34. The maximum absolute atomic E-state index is 11.9. The van der Waals surface area contributed by atoms with E-state index in [9.17, 15) is 9.90 Å². The van der Waals surface area contributed by atoms with E-state index in [1.807, 2.05) is 32.0 Å². The molecule has 3 heteroatoms. The van der Waals surface area contributed by atoms with Gasteiger partial charge in [-0.15, -0.1) is 0 Å². The van der Waals surface area contributed by atoms with E-state index >= 15 is 0 Å². The SMILES string of the molecule is CC(C)c1cc(O)c2c(c1)oc(=O)c1ccccc12. The summed E-state index contributed by atoms with van der Waals surface area (Å²) in [4.78, 5) is 11.9. The summed E-state index contributed by atoms with van der Waals surface area (Å²) < 4.78 is 5.33. The van der Waals surface area contributed by atoms with Crippen molar-refractivity contribution in [2.75, 3.05) is 0 Å². The third-order valence-electron chi connectivity index (χ3n) is 3.39. The minimum atomic E-state index is -0.372. The zero-order chi connectivity index (χ0) is 13.6. The molecule has 2 aromatic carbocycles. The van der Waals surface area contributed by atoms with Gasteiger partial charge in [-0.1, -0.05) is 32.0 Å². The molecule has 1 aromatic heterocycles. The lowest BCUT2D eigenvalue weighted by molar-refractivity contribution is 0.478. The Morgan fingerprint density at radius 2 is 1.79 bits per heavy atom. The van der Waals surface area contributed by atoms with E-state index in [-0.39, 0.29) is 17.3 Å². The highest BCUT2D eigenvalue weighted by Crippen LogP contribution is 2.33. The van der Waals surface area contributed by atoms with Gasteiger partial charge in [0.15, 0.2) is 0 Å². The fourth-order valence-electron chi connectivity index (χ4n) is 2.34. The van der Waals surface area contributed by atoms with Gasteiger partial charge in [0.1, 0.15) is 11.3 Å². The number of rotatable bonds is 1. The Morgan fingerprint density at radius 3 is 2.47 bits per heavy atom. The van der Waals surface area contributed by atoms with Gasteiger partial charge < -0.3 is 9.52 Å². The molecular weight excluding hydrogens is 240 g/mol. The van der Waals surface area contributed by atoms with Gasteiger partial charge in [-0.2, -0.15) is 0 Å². The number of hydrogen-bond donors (Lipinski definition) is 1. The third kappa shape index (κ3) is 1.78. The molecule has 0 saturated heterocycles. The Hall–Kier alpha value is -2.29. The predicted molar refractivity (Wildman–Crippen MR) is 75.7 cm³/mol. The lowest BCUT2D eigenvalue weighted by Crippen LogP contribution is -2.00. The molecule has 96 valence electrons. The fraction of sp³-hybridized carbons (Fsp3) is 0.188. The summed E-state index contributed by atoms with van der Waals surface area (Å²) in [5, 5.41) is 12.0. The van der Waals surface area contributed by atoms with E-state index in [0.717, 1.165) is 10.9 Å². The van der Waals surface area contributed by atoms with Gasteiger partial charge in [0.2, 0.25) is 0 Å². The highest BCUT2D eigenvalue weighted by atomic mass is 16.4. The molecule has 3 aromatic rings. The first-order valence-electron chi connectivity index (χ1n) is 6.26. The van der Waals surface area contributed by atoms with E-state index in [4.69, 9.17) is 4.42 Å². The number of phenolic OH excluding ortho intramolecular Hbond substituents is 1. The number of benzene rings is 2. The maximum Gasteiger partial charge on any atom is 0.344 e. The van der Waals surface area contributed by atoms with Crippen molar-refractivity contribution in [3.05, 3.63) is 52.4 Å². The smallest absolute Gasteiger partial charge is 0.344 e. The van der Waals surface area contributed by atoms with E-state index in [0.29, 0.717) is 16.4 Å². The number of fused-ring (bicyclic) bond motifs is 3. The molecule has 3 rings (SSSR count). The van der Waals surface area contributed by atoms with Gasteiger partial charge in [-0.25, -0.2) is 4.79 Å². The highest BCUT2D eigenvalue weighted by molar-refractivity contribution is 6.07. The van der Waals surface area contributed by atoms with Crippen LogP contribution in [0, 0.1) is 0 Å². The summed E-state index contributed by atoms with van der Waals surface area (Å²) >= 11 is 0. The lowest BCUT2D eigenvalue weighted by atomic mass is 9.99. The molecule has 0 atom stereocenters. The van der Waals surface area contributed by atoms with Crippen LogP contribution in [0.5, 0.6) is 5.75 Å². The first-order valence-corrected chi connectivity index (χ1v) is 6.26. The summed E-state index contributed by atoms with van der Waals surface area (Å²) in [6, 6.07) is 10.7. The monoisotopic (exact) mass is 254 g/mol. The van der Waals surface area contributed by atoms with Crippen LogP contribution >= 0.6 is 0 Å². The van der Waals surface area contributed by atoms with Crippen LogP contribution in [0.3, 0.4) is 0 Å². The van der Waals surface area contributed by atoms with Crippen LogP contribution in [0.2, 0.25) is 0 Å². The van der Waals surface area contributed by atoms with Crippen LogP contribution in [0.4, 0.5) is 0 Å². The van der Waals surface area contributed by atoms with Gasteiger partial charge in [0.25, 0.3) is 0 Å². The Morgan fingerprint density at radius 1 is 1.11 bits per heavy atom. The Kier molecular flexibility index (Phi) is 2.56. The van der Waals surface area contributed by atoms with Crippen molar-refractivity contribution in [1.82, 2.24) is 0 Å². The second-order valence-electron chi connectivity index (χ2n) is 5.00. The molecule has 1 N–H and O–H groups in total. The summed E-state index contributed by atoms with van der Waals surface area (Å²) in [6.07, 6.45) is 0. The molecule has 0 unspecified atom stereocenters. The molecule has 1 heterocycles. The second kappa shape index (κ2) is 4.12. The van der Waals surface area contributed by atoms with Gasteiger partial charge in [-0.05, 0) is 29.7 Å². The van der Waals surface area contributed by atoms with Crippen LogP contribution in [-0.4, -0.2) is 5.11 Å². The zero-order valence-electron chi connectivity index (χ0n) is 10.8. The van der Waals surface area contributed by atoms with E-state index < -0.39 is 0 Å². The number of hydrogen-bond acceptors (Lipinski definition) is 3. The second-order valence-corrected chi connectivity index (χ2v) is 5.00. The average Bonchev–Trinajstić information content (AvgIpc) is 2.38. The standard InChI is InChI=1S/C16H14O3/c1-9(2)10-7-13(17)15-11-5-3-4-6-12(11)16(18)19-14(15)8-10/h3-9,17H,1-2H3. The largest absolute Gasteiger partial charge is 0.507 e. The highest BCUT2D eigenvalue weighted by Gasteiger charge is 2.13. The first kappa shape index (κ1) is 11.8. The summed E-state index contributed by atoms with van der Waals surface area (Å²) in [5.41, 5.74) is 1.01. The minimum Gasteiger partial charge on any atom is -0.507 e. The molecular formula is C16H14O3. The maximum atomic E-state index is 11.9. The van der Waals surface area contributed by atoms with Gasteiger partial charge >= 0.3 is 5.63 Å². The Balaban J connectivity index is 2.54. The van der Waals surface area contributed by atoms with Crippen molar-refractivity contribution in [3.63, 3.8) is 0 Å². The van der Waals surface area contributed by atoms with Crippen LogP contribution in [0.1, 0.15) is 25.3 Å². The molecule has 19 heavy (non-hydrogen) atoms. The van der Waals surface area contributed by atoms with Crippen molar-refractivity contribution < 1.29 is 9.52 Å². The van der Waals surface area contributed by atoms with Crippen molar-refractivity contribution in [2.45, 2.75) is 19.8 Å². The Bertz CT molecular complexity index is 828. The molecule has 0 saturated carbocycles. The molecule has 0 aliphatic heterocycles. The van der Waals surface area contributed by atoms with Crippen LogP contribution in [0.15, 0.2) is 45.6 Å². The quantitative estimate of drug-likeness (QED) is 0.531. The topological polar surface area (TPSA) is 50.4 Å². The normalized spacial score (nSPS) is 11.5. The number of phenols is 1. The average molecular weight is 254 g/mol. The molecule has 0 fully saturated rings. The van der Waals surface area contributed by atoms with Crippen LogP contribution in [0.25, 0.3) is 21.7 Å². The van der Waals surface area contributed by atoms with E-state index in [2.05, 4.69) is 0 Å². The van der Waals surface area contributed by atoms with Crippen molar-refractivity contribution in [2.24, 2.45) is 0 Å². The van der Waals surface area contributed by atoms with E-state index in [1.54, 1.807) is 18.2 Å². The minimum absolute atomic E-state index is 0.154. The van der Waals surface area contributed by atoms with Crippen molar-refractivity contribution in [3.8, 4) is 5.75 Å². The molecule has 0 spiro atoms. The van der Waals surface area contributed by atoms with E-state index in [1.165, 1.54) is 0 Å². The predicted octanol–water partition coefficient (Wildman–Crippen LogP) is 3.78. The molecule has 0 amide bonds. The summed E-state index contributed by atoms with van der Waals surface area (Å²) in [7, 11) is 0. The lowest BCUT2D eigenvalue weighted by Gasteiger charge is -2.09. The van der Waals surface area contributed by atoms with Crippen molar-refractivity contribution in [1.29, 1.82) is 0 Å². The number of aromatic hydroxyl groups is 1. The van der Waals surface area contributed by atoms with Gasteiger partial charge in [0.05, 0.1) is 10.8 Å². The molecule has 3 nitrogen and oxygen atoms in total. The van der Waals surface area contributed by atoms with Gasteiger partial charge in [-0.3, -0.25) is 0 Å². The zero-order valence-corrected chi connectivity index (χ0v) is 10.8. The summed E-state index contributed by atoms with van der Waals surface area (Å²) in [5.74, 6) is 0.410. The van der Waals surface area contributed by atoms with Crippen LogP contribution in [-0.2, 0) is 0 Å².